The standard InChI is InChI=1S/C24H27N5O4/c1-16-6-4-5-7-20(16)29-15-19(26-27-29)24(31)28-12-10-18(11-13-28)25-23(30)17-8-9-21(32-2)22(14-17)33-3/h4-9,14-15,18H,10-13H2,1-3H3,(H,25,30). The van der Waals surface area contributed by atoms with Gasteiger partial charge in [0.1, 0.15) is 0 Å². The maximum atomic E-state index is 12.9. The lowest BCUT2D eigenvalue weighted by Gasteiger charge is -2.32. The van der Waals surface area contributed by atoms with Crippen LogP contribution in [0.5, 0.6) is 11.5 Å². The molecule has 1 aliphatic rings. The molecule has 3 aromatic rings. The third-order valence-electron chi connectivity index (χ3n) is 5.84. The molecule has 0 bridgehead atoms. The van der Waals surface area contributed by atoms with E-state index in [0.717, 1.165) is 11.3 Å². The van der Waals surface area contributed by atoms with Gasteiger partial charge in [-0.1, -0.05) is 23.4 Å². The van der Waals surface area contributed by atoms with Gasteiger partial charge in [0.25, 0.3) is 11.8 Å². The highest BCUT2D eigenvalue weighted by atomic mass is 16.5. The summed E-state index contributed by atoms with van der Waals surface area (Å²) in [5, 5.41) is 11.2. The van der Waals surface area contributed by atoms with Crippen molar-refractivity contribution in [2.24, 2.45) is 0 Å². The Kier molecular flexibility index (Phi) is 6.58. The van der Waals surface area contributed by atoms with Crippen LogP contribution in [-0.2, 0) is 0 Å². The van der Waals surface area contributed by atoms with Crippen molar-refractivity contribution in [3.63, 3.8) is 0 Å². The second kappa shape index (κ2) is 9.72. The van der Waals surface area contributed by atoms with Crippen molar-refractivity contribution in [3.05, 3.63) is 65.5 Å². The molecule has 0 saturated carbocycles. The highest BCUT2D eigenvalue weighted by molar-refractivity contribution is 5.95. The molecule has 1 aromatic heterocycles. The summed E-state index contributed by atoms with van der Waals surface area (Å²) in [4.78, 5) is 27.3. The SMILES string of the molecule is COc1ccc(C(=O)NC2CCN(C(=O)c3cn(-c4ccccc4C)nn3)CC2)cc1OC. The first-order valence-electron chi connectivity index (χ1n) is 10.8. The number of carbonyl (C=O) groups is 2. The minimum absolute atomic E-state index is 0.0164. The summed E-state index contributed by atoms with van der Waals surface area (Å²) < 4.78 is 12.1. The van der Waals surface area contributed by atoms with Gasteiger partial charge in [-0.15, -0.1) is 5.10 Å². The van der Waals surface area contributed by atoms with Gasteiger partial charge in [0.05, 0.1) is 26.1 Å². The molecule has 4 rings (SSSR count). The fourth-order valence-electron chi connectivity index (χ4n) is 3.94. The number of hydrogen-bond acceptors (Lipinski definition) is 6. The molecular weight excluding hydrogens is 422 g/mol. The number of aromatic nitrogens is 3. The number of amides is 2. The number of nitrogens with one attached hydrogen (secondary N) is 1. The van der Waals surface area contributed by atoms with Crippen LogP contribution in [0, 0.1) is 6.92 Å². The van der Waals surface area contributed by atoms with E-state index >= 15 is 0 Å². The quantitative estimate of drug-likeness (QED) is 0.621. The first-order valence-corrected chi connectivity index (χ1v) is 10.8. The summed E-state index contributed by atoms with van der Waals surface area (Å²) in [6.45, 7) is 3.06. The zero-order valence-electron chi connectivity index (χ0n) is 18.9. The Bertz CT molecular complexity index is 1150. The Morgan fingerprint density at radius 2 is 1.76 bits per heavy atom. The summed E-state index contributed by atoms with van der Waals surface area (Å²) in [7, 11) is 3.09. The van der Waals surface area contributed by atoms with E-state index in [1.807, 2.05) is 31.2 Å². The number of nitrogens with zero attached hydrogens (tertiary/aromatic N) is 4. The van der Waals surface area contributed by atoms with E-state index in [-0.39, 0.29) is 17.9 Å². The second-order valence-corrected chi connectivity index (χ2v) is 7.94. The molecule has 0 radical (unpaired) electrons. The van der Waals surface area contributed by atoms with Gasteiger partial charge in [0.2, 0.25) is 0 Å². The molecule has 0 unspecified atom stereocenters. The monoisotopic (exact) mass is 449 g/mol. The summed E-state index contributed by atoms with van der Waals surface area (Å²) in [5.41, 5.74) is 2.75. The van der Waals surface area contributed by atoms with Crippen molar-refractivity contribution in [2.75, 3.05) is 27.3 Å². The van der Waals surface area contributed by atoms with Crippen LogP contribution < -0.4 is 14.8 Å². The number of carbonyl (C=O) groups excluding carboxylic acids is 2. The fourth-order valence-corrected chi connectivity index (χ4v) is 3.94. The van der Waals surface area contributed by atoms with Gasteiger partial charge >= 0.3 is 0 Å². The fraction of sp³-hybridized carbons (Fsp3) is 0.333. The molecule has 1 fully saturated rings. The number of likely N-dealkylation sites (tertiary alicyclic amines) is 1. The molecule has 9 nitrogen and oxygen atoms in total. The van der Waals surface area contributed by atoms with Gasteiger partial charge in [0, 0.05) is 24.7 Å². The minimum atomic E-state index is -0.179. The maximum absolute atomic E-state index is 12.9. The van der Waals surface area contributed by atoms with Crippen LogP contribution in [0.4, 0.5) is 0 Å². The molecule has 2 aromatic carbocycles. The number of benzene rings is 2. The number of piperidine rings is 1. The Morgan fingerprint density at radius 1 is 1.03 bits per heavy atom. The molecule has 0 aliphatic carbocycles. The Morgan fingerprint density at radius 3 is 2.45 bits per heavy atom. The van der Waals surface area contributed by atoms with E-state index in [1.165, 1.54) is 7.11 Å². The second-order valence-electron chi connectivity index (χ2n) is 7.94. The normalized spacial score (nSPS) is 14.1. The average Bonchev–Trinajstić information content (AvgIpc) is 3.34. The number of methoxy groups -OCH3 is 2. The van der Waals surface area contributed by atoms with E-state index < -0.39 is 0 Å². The molecule has 2 heterocycles. The van der Waals surface area contributed by atoms with Crippen molar-refractivity contribution < 1.29 is 19.1 Å². The predicted octanol–water partition coefficient (Wildman–Crippen LogP) is 2.63. The minimum Gasteiger partial charge on any atom is -0.493 e. The van der Waals surface area contributed by atoms with E-state index in [0.29, 0.717) is 48.7 Å². The first kappa shape index (κ1) is 22.3. The van der Waals surface area contributed by atoms with Gasteiger partial charge < -0.3 is 19.7 Å². The molecule has 9 heteroatoms. The van der Waals surface area contributed by atoms with Gasteiger partial charge in [-0.05, 0) is 49.6 Å². The summed E-state index contributed by atoms with van der Waals surface area (Å²) >= 11 is 0. The van der Waals surface area contributed by atoms with E-state index in [4.69, 9.17) is 9.47 Å². The lowest BCUT2D eigenvalue weighted by Crippen LogP contribution is -2.46. The number of ether oxygens (including phenoxy) is 2. The Labute approximate surface area is 192 Å². The van der Waals surface area contributed by atoms with E-state index in [9.17, 15) is 9.59 Å². The van der Waals surface area contributed by atoms with Crippen LogP contribution in [0.2, 0.25) is 0 Å². The molecule has 0 atom stereocenters. The third-order valence-corrected chi connectivity index (χ3v) is 5.84. The van der Waals surface area contributed by atoms with Crippen LogP contribution in [-0.4, -0.2) is 65.1 Å². The molecule has 1 saturated heterocycles. The summed E-state index contributed by atoms with van der Waals surface area (Å²) in [6.07, 6.45) is 2.99. The third kappa shape index (κ3) is 4.82. The van der Waals surface area contributed by atoms with Crippen LogP contribution >= 0.6 is 0 Å². The van der Waals surface area contributed by atoms with Crippen LogP contribution in [0.1, 0.15) is 39.3 Å². The first-order chi connectivity index (χ1) is 16.0. The largest absolute Gasteiger partial charge is 0.493 e. The van der Waals surface area contributed by atoms with Crippen molar-refractivity contribution in [1.29, 1.82) is 0 Å². The molecule has 0 spiro atoms. The van der Waals surface area contributed by atoms with Crippen molar-refractivity contribution in [3.8, 4) is 17.2 Å². The van der Waals surface area contributed by atoms with Gasteiger partial charge in [-0.25, -0.2) is 4.68 Å². The van der Waals surface area contributed by atoms with E-state index in [2.05, 4.69) is 15.6 Å². The lowest BCUT2D eigenvalue weighted by molar-refractivity contribution is 0.0692. The molecular formula is C24H27N5O4. The van der Waals surface area contributed by atoms with Crippen LogP contribution in [0.3, 0.4) is 0 Å². The lowest BCUT2D eigenvalue weighted by atomic mass is 10.0. The molecule has 33 heavy (non-hydrogen) atoms. The summed E-state index contributed by atoms with van der Waals surface area (Å²) in [6, 6.07) is 12.8. The smallest absolute Gasteiger partial charge is 0.276 e. The predicted molar refractivity (Wildman–Crippen MR) is 122 cm³/mol. The highest BCUT2D eigenvalue weighted by Gasteiger charge is 2.27. The van der Waals surface area contributed by atoms with Crippen LogP contribution in [0.25, 0.3) is 5.69 Å². The van der Waals surface area contributed by atoms with Crippen molar-refractivity contribution >= 4 is 11.8 Å². The zero-order valence-corrected chi connectivity index (χ0v) is 18.9. The zero-order chi connectivity index (χ0) is 23.4. The number of aryl methyl sites for hydroxylation is 1. The number of rotatable bonds is 6. The van der Waals surface area contributed by atoms with Gasteiger partial charge in [0.15, 0.2) is 17.2 Å². The topological polar surface area (TPSA) is 98.6 Å². The Hall–Kier alpha value is -3.88. The van der Waals surface area contributed by atoms with Crippen molar-refractivity contribution in [1.82, 2.24) is 25.2 Å². The van der Waals surface area contributed by atoms with Gasteiger partial charge in [-0.3, -0.25) is 9.59 Å². The van der Waals surface area contributed by atoms with Gasteiger partial charge in [-0.2, -0.15) is 0 Å². The Balaban J connectivity index is 1.34. The summed E-state index contributed by atoms with van der Waals surface area (Å²) in [5.74, 6) is 0.742. The molecule has 2 amide bonds. The van der Waals surface area contributed by atoms with Crippen LogP contribution in [0.15, 0.2) is 48.7 Å². The van der Waals surface area contributed by atoms with Crippen molar-refractivity contribution in [2.45, 2.75) is 25.8 Å². The maximum Gasteiger partial charge on any atom is 0.276 e. The highest BCUT2D eigenvalue weighted by Crippen LogP contribution is 2.27. The van der Waals surface area contributed by atoms with E-state index in [1.54, 1.807) is 41.1 Å². The average molecular weight is 450 g/mol. The number of para-hydroxylation sites is 1. The molecule has 1 aliphatic heterocycles. The molecule has 1 N–H and O–H groups in total. The number of hydrogen-bond donors (Lipinski definition) is 1. The molecule has 172 valence electrons.